The predicted octanol–water partition coefficient (Wildman–Crippen LogP) is 2.22. The van der Waals surface area contributed by atoms with Crippen molar-refractivity contribution in [2.24, 2.45) is 7.05 Å². The summed E-state index contributed by atoms with van der Waals surface area (Å²) in [6.45, 7) is 0.668. The number of aliphatic hydroxyl groups is 1. The number of carbonyl (C=O) groups is 1. The first-order chi connectivity index (χ1) is 11.1. The van der Waals surface area contributed by atoms with Gasteiger partial charge in [-0.15, -0.1) is 0 Å². The summed E-state index contributed by atoms with van der Waals surface area (Å²) in [7, 11) is 1.76. The molecule has 1 amide bonds. The zero-order chi connectivity index (χ0) is 16.4. The van der Waals surface area contributed by atoms with Crippen molar-refractivity contribution in [1.82, 2.24) is 9.47 Å². The number of hydrogen-bond donors (Lipinski definition) is 1. The van der Waals surface area contributed by atoms with Gasteiger partial charge >= 0.3 is 0 Å². The fourth-order valence-corrected chi connectivity index (χ4v) is 3.19. The molecule has 0 aromatic carbocycles. The van der Waals surface area contributed by atoms with E-state index in [2.05, 4.69) is 6.07 Å². The van der Waals surface area contributed by atoms with Crippen LogP contribution in [0, 0.1) is 11.3 Å². The third-order valence-electron chi connectivity index (χ3n) is 4.36. The Labute approximate surface area is 134 Å². The number of nitrogens with zero attached hydrogens (tertiary/aromatic N) is 3. The highest BCUT2D eigenvalue weighted by Gasteiger charge is 2.32. The molecule has 0 spiro atoms. The Morgan fingerprint density at radius 3 is 3.09 bits per heavy atom. The summed E-state index contributed by atoms with van der Waals surface area (Å²) in [6.07, 6.45) is 4.69. The minimum atomic E-state index is -0.716. The molecule has 0 saturated carbocycles. The van der Waals surface area contributed by atoms with Gasteiger partial charge in [0.1, 0.15) is 23.6 Å². The molecule has 6 nitrogen and oxygen atoms in total. The monoisotopic (exact) mass is 313 g/mol. The Kier molecular flexibility index (Phi) is 4.22. The van der Waals surface area contributed by atoms with E-state index in [1.165, 1.54) is 6.26 Å². The molecule has 2 aromatic heterocycles. The molecule has 0 radical (unpaired) electrons. The van der Waals surface area contributed by atoms with E-state index < -0.39 is 6.10 Å². The summed E-state index contributed by atoms with van der Waals surface area (Å²) in [5.41, 5.74) is 0.975. The third kappa shape index (κ3) is 3.01. The summed E-state index contributed by atoms with van der Waals surface area (Å²) >= 11 is 0. The van der Waals surface area contributed by atoms with Gasteiger partial charge in [-0.3, -0.25) is 4.79 Å². The molecule has 1 saturated heterocycles. The Hall–Kier alpha value is -2.52. The number of rotatable bonds is 4. The summed E-state index contributed by atoms with van der Waals surface area (Å²) in [5.74, 6) is 0.429. The summed E-state index contributed by atoms with van der Waals surface area (Å²) in [6, 6.07) is 7.12. The second-order valence-electron chi connectivity index (χ2n) is 5.90. The van der Waals surface area contributed by atoms with E-state index in [1.807, 2.05) is 0 Å². The lowest BCUT2D eigenvalue weighted by Crippen LogP contribution is -2.37. The first kappa shape index (κ1) is 15.4. The van der Waals surface area contributed by atoms with Crippen molar-refractivity contribution >= 4 is 5.91 Å². The van der Waals surface area contributed by atoms with E-state index in [-0.39, 0.29) is 11.9 Å². The molecule has 3 rings (SSSR count). The first-order valence-electron chi connectivity index (χ1n) is 7.69. The molecule has 1 fully saturated rings. The molecule has 1 aliphatic heterocycles. The largest absolute Gasteiger partial charge is 0.467 e. The van der Waals surface area contributed by atoms with Crippen LogP contribution in [0.4, 0.5) is 0 Å². The van der Waals surface area contributed by atoms with Crippen molar-refractivity contribution < 1.29 is 14.3 Å². The lowest BCUT2D eigenvalue weighted by Gasteiger charge is -2.26. The van der Waals surface area contributed by atoms with Crippen LogP contribution in [-0.2, 0) is 7.05 Å². The molecule has 2 atom stereocenters. The minimum Gasteiger partial charge on any atom is -0.467 e. The highest BCUT2D eigenvalue weighted by atomic mass is 16.4. The summed E-state index contributed by atoms with van der Waals surface area (Å²) < 4.78 is 6.91. The van der Waals surface area contributed by atoms with Crippen molar-refractivity contribution in [2.75, 3.05) is 6.54 Å². The standard InChI is InChI=1S/C17H19N3O3/c1-19-11-12(10-18)8-14(19)17(22)20-6-2-4-13(20)9-15(21)16-5-3-7-23-16/h3,5,7-8,11,13,15,21H,2,4,6,9H2,1H3. The minimum absolute atomic E-state index is 0.0250. The van der Waals surface area contributed by atoms with Crippen molar-refractivity contribution in [2.45, 2.75) is 31.4 Å². The highest BCUT2D eigenvalue weighted by Crippen LogP contribution is 2.29. The van der Waals surface area contributed by atoms with Crippen LogP contribution in [0.5, 0.6) is 0 Å². The average molecular weight is 313 g/mol. The second-order valence-corrected chi connectivity index (χ2v) is 5.90. The van der Waals surface area contributed by atoms with Crippen molar-refractivity contribution in [3.63, 3.8) is 0 Å². The first-order valence-corrected chi connectivity index (χ1v) is 7.69. The molecule has 3 heterocycles. The Morgan fingerprint density at radius 1 is 1.61 bits per heavy atom. The smallest absolute Gasteiger partial charge is 0.270 e. The van der Waals surface area contributed by atoms with Crippen LogP contribution in [0.15, 0.2) is 35.1 Å². The number of amides is 1. The molecule has 6 heteroatoms. The van der Waals surface area contributed by atoms with Crippen LogP contribution in [0.2, 0.25) is 0 Å². The maximum absolute atomic E-state index is 12.8. The van der Waals surface area contributed by atoms with Crippen LogP contribution >= 0.6 is 0 Å². The second kappa shape index (κ2) is 6.31. The van der Waals surface area contributed by atoms with Crippen molar-refractivity contribution in [1.29, 1.82) is 5.26 Å². The Balaban J connectivity index is 1.74. The van der Waals surface area contributed by atoms with Gasteiger partial charge in [-0.05, 0) is 31.0 Å². The van der Waals surface area contributed by atoms with Gasteiger partial charge < -0.3 is 19.0 Å². The van der Waals surface area contributed by atoms with Gasteiger partial charge in [0, 0.05) is 32.3 Å². The van der Waals surface area contributed by atoms with E-state index in [0.29, 0.717) is 30.0 Å². The van der Waals surface area contributed by atoms with Gasteiger partial charge in [0.15, 0.2) is 0 Å². The maximum atomic E-state index is 12.8. The highest BCUT2D eigenvalue weighted by molar-refractivity contribution is 5.93. The van der Waals surface area contributed by atoms with Crippen molar-refractivity contribution in [3.8, 4) is 6.07 Å². The van der Waals surface area contributed by atoms with Gasteiger partial charge in [0.05, 0.1) is 11.8 Å². The topological polar surface area (TPSA) is 82.4 Å². The Morgan fingerprint density at radius 2 is 2.43 bits per heavy atom. The van der Waals surface area contributed by atoms with E-state index in [9.17, 15) is 9.90 Å². The van der Waals surface area contributed by atoms with Gasteiger partial charge in [-0.2, -0.15) is 5.26 Å². The van der Waals surface area contributed by atoms with Crippen LogP contribution < -0.4 is 0 Å². The van der Waals surface area contributed by atoms with Crippen LogP contribution in [0.1, 0.15) is 47.2 Å². The van der Waals surface area contributed by atoms with Crippen LogP contribution in [0.25, 0.3) is 0 Å². The number of carbonyl (C=O) groups excluding carboxylic acids is 1. The van der Waals surface area contributed by atoms with E-state index >= 15 is 0 Å². The molecule has 2 aromatic rings. The fraction of sp³-hybridized carbons (Fsp3) is 0.412. The number of hydrogen-bond acceptors (Lipinski definition) is 4. The van der Waals surface area contributed by atoms with Crippen LogP contribution in [-0.4, -0.2) is 33.1 Å². The molecule has 1 N–H and O–H groups in total. The SMILES string of the molecule is Cn1cc(C#N)cc1C(=O)N1CCCC1CC(O)c1ccco1. The van der Waals surface area contributed by atoms with E-state index in [0.717, 1.165) is 12.8 Å². The zero-order valence-electron chi connectivity index (χ0n) is 13.0. The molecule has 1 aliphatic rings. The molecule has 0 aliphatic carbocycles. The molecule has 23 heavy (non-hydrogen) atoms. The number of aliphatic hydroxyl groups excluding tert-OH is 1. The quantitative estimate of drug-likeness (QED) is 0.938. The van der Waals surface area contributed by atoms with Gasteiger partial charge in [0.2, 0.25) is 0 Å². The molecule has 120 valence electrons. The zero-order valence-corrected chi connectivity index (χ0v) is 13.0. The van der Waals surface area contributed by atoms with Crippen LogP contribution in [0.3, 0.4) is 0 Å². The molecular formula is C17H19N3O3. The van der Waals surface area contributed by atoms with Gasteiger partial charge in [0.25, 0.3) is 5.91 Å². The Bertz CT molecular complexity index is 727. The maximum Gasteiger partial charge on any atom is 0.270 e. The molecule has 2 unspecified atom stereocenters. The average Bonchev–Trinajstić information content (AvgIpc) is 3.26. The molecular weight excluding hydrogens is 294 g/mol. The molecule has 0 bridgehead atoms. The third-order valence-corrected chi connectivity index (χ3v) is 4.36. The number of aryl methyl sites for hydroxylation is 1. The number of aromatic nitrogens is 1. The summed E-state index contributed by atoms with van der Waals surface area (Å²) in [5, 5.41) is 19.2. The van der Waals surface area contributed by atoms with Gasteiger partial charge in [-0.25, -0.2) is 0 Å². The predicted molar refractivity (Wildman–Crippen MR) is 82.5 cm³/mol. The van der Waals surface area contributed by atoms with Gasteiger partial charge in [-0.1, -0.05) is 0 Å². The van der Waals surface area contributed by atoms with E-state index in [1.54, 1.807) is 40.9 Å². The lowest BCUT2D eigenvalue weighted by atomic mass is 10.0. The normalized spacial score (nSPS) is 18.8. The number of likely N-dealkylation sites (tertiary alicyclic amines) is 1. The fourth-order valence-electron chi connectivity index (χ4n) is 3.19. The lowest BCUT2D eigenvalue weighted by molar-refractivity contribution is 0.0633. The van der Waals surface area contributed by atoms with E-state index in [4.69, 9.17) is 9.68 Å². The number of furan rings is 1. The number of nitriles is 1. The summed E-state index contributed by atoms with van der Waals surface area (Å²) in [4.78, 5) is 14.6. The van der Waals surface area contributed by atoms with Crippen molar-refractivity contribution in [3.05, 3.63) is 47.7 Å².